The van der Waals surface area contributed by atoms with Gasteiger partial charge in [0.15, 0.2) is 0 Å². The summed E-state index contributed by atoms with van der Waals surface area (Å²) in [4.78, 5) is 8.83. The van der Waals surface area contributed by atoms with Crippen molar-refractivity contribution in [3.63, 3.8) is 0 Å². The molecule has 0 saturated carbocycles. The molecule has 0 amide bonds. The molecule has 0 aromatic carbocycles. The highest BCUT2D eigenvalue weighted by Crippen LogP contribution is 2.14. The summed E-state index contributed by atoms with van der Waals surface area (Å²) in [5.41, 5.74) is 1.11. The highest BCUT2D eigenvalue weighted by atomic mass is 127. The molecule has 0 N–H and O–H groups in total. The van der Waals surface area contributed by atoms with Crippen molar-refractivity contribution >= 4 is 34.6 Å². The summed E-state index contributed by atoms with van der Waals surface area (Å²) < 4.78 is 0.345. The third kappa shape index (κ3) is 4.88. The molecular formula is C11H19IN2. The fourth-order valence-electron chi connectivity index (χ4n) is 1.01. The molecule has 0 saturated heterocycles. The zero-order valence-corrected chi connectivity index (χ0v) is 11.7. The van der Waals surface area contributed by atoms with Crippen LogP contribution in [-0.4, -0.2) is 16.0 Å². The van der Waals surface area contributed by atoms with Crippen LogP contribution in [0.25, 0.3) is 0 Å². The van der Waals surface area contributed by atoms with Crippen LogP contribution in [0.3, 0.4) is 0 Å². The maximum absolute atomic E-state index is 4.56. The lowest BCUT2D eigenvalue weighted by molar-refractivity contribution is 0.754. The molecule has 0 rings (SSSR count). The van der Waals surface area contributed by atoms with Gasteiger partial charge in [0.1, 0.15) is 5.84 Å². The molecule has 0 spiro atoms. The van der Waals surface area contributed by atoms with Gasteiger partial charge in [-0.15, -0.1) is 0 Å². The van der Waals surface area contributed by atoms with Crippen LogP contribution in [0.1, 0.15) is 34.6 Å². The minimum Gasteiger partial charge on any atom is -0.245 e. The molecule has 0 fully saturated rings. The van der Waals surface area contributed by atoms with E-state index in [0.29, 0.717) is 9.84 Å². The van der Waals surface area contributed by atoms with Gasteiger partial charge in [-0.2, -0.15) is 0 Å². The van der Waals surface area contributed by atoms with Crippen molar-refractivity contribution in [1.82, 2.24) is 0 Å². The summed E-state index contributed by atoms with van der Waals surface area (Å²) in [6.07, 6.45) is 3.84. The molecule has 0 aromatic rings. The average molecular weight is 306 g/mol. The maximum atomic E-state index is 4.56. The number of aliphatic imine (C=N–C) groups is 2. The summed E-state index contributed by atoms with van der Waals surface area (Å²) in [6, 6.07) is 0. The second-order valence-electron chi connectivity index (χ2n) is 3.34. The van der Waals surface area contributed by atoms with Gasteiger partial charge in [0.05, 0.1) is 3.92 Å². The van der Waals surface area contributed by atoms with E-state index in [1.807, 2.05) is 13.8 Å². The summed E-state index contributed by atoms with van der Waals surface area (Å²) >= 11 is 2.33. The number of hydrogen-bond donors (Lipinski definition) is 0. The van der Waals surface area contributed by atoms with Crippen LogP contribution in [0.15, 0.2) is 21.8 Å². The van der Waals surface area contributed by atoms with Crippen molar-refractivity contribution in [3.8, 4) is 0 Å². The van der Waals surface area contributed by atoms with E-state index < -0.39 is 0 Å². The first kappa shape index (κ1) is 13.8. The Kier molecular flexibility index (Phi) is 7.05. The SMILES string of the molecule is CC=NC(=N/C(=C\C)C(C)C)C(C)I. The number of nitrogens with zero attached hydrogens (tertiary/aromatic N) is 2. The monoisotopic (exact) mass is 306 g/mol. The van der Waals surface area contributed by atoms with Gasteiger partial charge in [-0.25, -0.2) is 9.98 Å². The van der Waals surface area contributed by atoms with E-state index in [4.69, 9.17) is 0 Å². The Morgan fingerprint density at radius 1 is 1.21 bits per heavy atom. The first-order chi connectivity index (χ1) is 6.52. The molecule has 0 bridgehead atoms. The van der Waals surface area contributed by atoms with Crippen molar-refractivity contribution < 1.29 is 0 Å². The maximum Gasteiger partial charge on any atom is 0.140 e. The average Bonchev–Trinajstić information content (AvgIpc) is 2.11. The van der Waals surface area contributed by atoms with E-state index in [-0.39, 0.29) is 0 Å². The predicted molar refractivity (Wildman–Crippen MR) is 73.7 cm³/mol. The molecule has 0 radical (unpaired) electrons. The summed E-state index contributed by atoms with van der Waals surface area (Å²) in [5.74, 6) is 1.35. The summed E-state index contributed by atoms with van der Waals surface area (Å²) in [6.45, 7) is 10.3. The zero-order chi connectivity index (χ0) is 11.1. The van der Waals surface area contributed by atoms with E-state index in [2.05, 4.69) is 59.4 Å². The second-order valence-corrected chi connectivity index (χ2v) is 5.21. The van der Waals surface area contributed by atoms with Crippen molar-refractivity contribution in [1.29, 1.82) is 0 Å². The molecule has 0 aliphatic carbocycles. The molecule has 2 nitrogen and oxygen atoms in total. The topological polar surface area (TPSA) is 24.7 Å². The Bertz CT molecular complexity index is 250. The molecule has 80 valence electrons. The van der Waals surface area contributed by atoms with Gasteiger partial charge >= 0.3 is 0 Å². The molecule has 0 aliphatic rings. The minimum absolute atomic E-state index is 0.345. The van der Waals surface area contributed by atoms with Crippen LogP contribution in [0.5, 0.6) is 0 Å². The van der Waals surface area contributed by atoms with Gasteiger partial charge in [0.2, 0.25) is 0 Å². The van der Waals surface area contributed by atoms with Crippen molar-refractivity contribution in [3.05, 3.63) is 11.8 Å². The van der Waals surface area contributed by atoms with Gasteiger partial charge in [0.25, 0.3) is 0 Å². The lowest BCUT2D eigenvalue weighted by Gasteiger charge is -2.08. The van der Waals surface area contributed by atoms with E-state index in [0.717, 1.165) is 11.5 Å². The van der Waals surface area contributed by atoms with E-state index in [1.54, 1.807) is 6.21 Å². The third-order valence-electron chi connectivity index (χ3n) is 1.75. The normalized spacial score (nSPS) is 16.8. The molecule has 14 heavy (non-hydrogen) atoms. The number of amidine groups is 1. The molecule has 0 aromatic heterocycles. The van der Waals surface area contributed by atoms with Crippen LogP contribution >= 0.6 is 22.6 Å². The van der Waals surface area contributed by atoms with Crippen molar-refractivity contribution in [2.45, 2.75) is 38.5 Å². The molecular weight excluding hydrogens is 287 g/mol. The second kappa shape index (κ2) is 7.15. The Morgan fingerprint density at radius 2 is 1.79 bits per heavy atom. The molecule has 1 atom stereocenters. The Hall–Kier alpha value is -0.190. The van der Waals surface area contributed by atoms with Crippen LogP contribution in [-0.2, 0) is 0 Å². The van der Waals surface area contributed by atoms with Crippen LogP contribution in [0, 0.1) is 5.92 Å². The highest BCUT2D eigenvalue weighted by molar-refractivity contribution is 14.1. The third-order valence-corrected chi connectivity index (χ3v) is 2.31. The fourth-order valence-corrected chi connectivity index (χ4v) is 1.31. The molecule has 0 aliphatic heterocycles. The zero-order valence-electron chi connectivity index (χ0n) is 9.58. The van der Waals surface area contributed by atoms with Gasteiger partial charge in [-0.3, -0.25) is 0 Å². The number of halogens is 1. The van der Waals surface area contributed by atoms with Gasteiger partial charge in [0, 0.05) is 11.9 Å². The fraction of sp³-hybridized carbons (Fsp3) is 0.636. The van der Waals surface area contributed by atoms with Crippen LogP contribution in [0.4, 0.5) is 0 Å². The lowest BCUT2D eigenvalue weighted by Crippen LogP contribution is -2.08. The van der Waals surface area contributed by atoms with E-state index in [9.17, 15) is 0 Å². The van der Waals surface area contributed by atoms with Gasteiger partial charge in [-0.05, 0) is 26.7 Å². The standard InChI is InChI=1S/C11H19IN2/c1-6-10(8(3)4)14-11(9(5)12)13-7-2/h6-9H,1-5H3/b10-6-,13-7?,14-11?. The van der Waals surface area contributed by atoms with Crippen molar-refractivity contribution in [2.75, 3.05) is 0 Å². The number of alkyl halides is 1. The summed E-state index contributed by atoms with van der Waals surface area (Å²) in [5, 5.41) is 0. The number of rotatable bonds is 3. The Balaban J connectivity index is 4.89. The van der Waals surface area contributed by atoms with E-state index >= 15 is 0 Å². The first-order valence-electron chi connectivity index (χ1n) is 4.90. The quantitative estimate of drug-likeness (QED) is 0.327. The minimum atomic E-state index is 0.345. The predicted octanol–water partition coefficient (Wildman–Crippen LogP) is 3.86. The lowest BCUT2D eigenvalue weighted by atomic mass is 10.1. The Morgan fingerprint density at radius 3 is 2.07 bits per heavy atom. The van der Waals surface area contributed by atoms with Crippen LogP contribution < -0.4 is 0 Å². The van der Waals surface area contributed by atoms with Gasteiger partial charge < -0.3 is 0 Å². The van der Waals surface area contributed by atoms with E-state index in [1.165, 1.54) is 0 Å². The Labute approximate surface area is 101 Å². The van der Waals surface area contributed by atoms with Crippen LogP contribution in [0.2, 0.25) is 0 Å². The molecule has 3 heteroatoms. The number of hydrogen-bond acceptors (Lipinski definition) is 1. The number of allylic oxidation sites excluding steroid dienone is 2. The first-order valence-corrected chi connectivity index (χ1v) is 6.15. The molecule has 1 unspecified atom stereocenters. The van der Waals surface area contributed by atoms with Crippen molar-refractivity contribution in [2.24, 2.45) is 15.9 Å². The smallest absolute Gasteiger partial charge is 0.140 e. The largest absolute Gasteiger partial charge is 0.245 e. The highest BCUT2D eigenvalue weighted by Gasteiger charge is 2.07. The summed E-state index contributed by atoms with van der Waals surface area (Å²) in [7, 11) is 0. The van der Waals surface area contributed by atoms with Gasteiger partial charge in [-0.1, -0.05) is 42.5 Å². The molecule has 0 heterocycles.